The molecule has 4 bridgehead atoms. The van der Waals surface area contributed by atoms with Crippen LogP contribution in [0, 0.1) is 11.3 Å². The van der Waals surface area contributed by atoms with Gasteiger partial charge in [-0.25, -0.2) is 14.6 Å². The molecule has 3 heterocycles. The number of hydrogen-bond acceptors (Lipinski definition) is 7. The fraction of sp³-hybridized carbons (Fsp3) is 0.548. The lowest BCUT2D eigenvalue weighted by molar-refractivity contribution is -0.154. The number of carbonyl (C=O) groups is 3. The van der Waals surface area contributed by atoms with Gasteiger partial charge in [-0.15, -0.1) is 0 Å². The van der Waals surface area contributed by atoms with Gasteiger partial charge < -0.3 is 24.4 Å². The van der Waals surface area contributed by atoms with Gasteiger partial charge in [-0.2, -0.15) is 0 Å². The van der Waals surface area contributed by atoms with Crippen molar-refractivity contribution in [1.82, 2.24) is 15.2 Å². The van der Waals surface area contributed by atoms with Crippen molar-refractivity contribution in [2.75, 3.05) is 19.8 Å². The van der Waals surface area contributed by atoms with Crippen molar-refractivity contribution in [2.45, 2.75) is 77.5 Å². The van der Waals surface area contributed by atoms with Gasteiger partial charge >= 0.3 is 12.1 Å². The Kier molecular flexibility index (Phi) is 8.28. The maximum atomic E-state index is 14.1. The average molecular weight is 550 g/mol. The summed E-state index contributed by atoms with van der Waals surface area (Å²) in [5.74, 6) is -0.335. The zero-order chi connectivity index (χ0) is 28.3. The number of aromatic nitrogens is 1. The number of carbonyl (C=O) groups excluding carboxylic acids is 3. The predicted molar refractivity (Wildman–Crippen MR) is 151 cm³/mol. The van der Waals surface area contributed by atoms with Crippen molar-refractivity contribution >= 4 is 34.8 Å². The molecule has 2 fully saturated rings. The third-order valence-corrected chi connectivity index (χ3v) is 8.12. The number of amides is 2. The van der Waals surface area contributed by atoms with Crippen LogP contribution in [0.2, 0.25) is 0 Å². The Morgan fingerprint density at radius 3 is 2.77 bits per heavy atom. The van der Waals surface area contributed by atoms with Gasteiger partial charge in [-0.1, -0.05) is 51.0 Å². The largest absolute Gasteiger partial charge is 0.472 e. The first-order chi connectivity index (χ1) is 19.2. The SMILES string of the molecule is CCOC(=O)[C@@H]1C[C@H]2CN1C(=O)[C@H](C1CCCC1)NC(=O)OCC(C)(C)CC=Cc1ccc3ccnc(c3c1)O2. The van der Waals surface area contributed by atoms with Crippen LogP contribution in [0.4, 0.5) is 4.79 Å². The summed E-state index contributed by atoms with van der Waals surface area (Å²) in [6, 6.07) is 6.43. The van der Waals surface area contributed by atoms with Gasteiger partial charge in [-0.05, 0) is 55.2 Å². The van der Waals surface area contributed by atoms with Crippen LogP contribution in [-0.2, 0) is 19.1 Å². The van der Waals surface area contributed by atoms with Crippen LogP contribution < -0.4 is 10.1 Å². The van der Waals surface area contributed by atoms with Crippen LogP contribution in [0.5, 0.6) is 5.88 Å². The zero-order valence-corrected chi connectivity index (χ0v) is 23.6. The molecule has 1 saturated heterocycles. The summed E-state index contributed by atoms with van der Waals surface area (Å²) in [7, 11) is 0. The fourth-order valence-corrected chi connectivity index (χ4v) is 5.96. The molecule has 1 aromatic carbocycles. The van der Waals surface area contributed by atoms with Crippen molar-refractivity contribution in [3.05, 3.63) is 42.1 Å². The fourth-order valence-electron chi connectivity index (χ4n) is 5.96. The highest BCUT2D eigenvalue weighted by molar-refractivity contribution is 5.91. The summed E-state index contributed by atoms with van der Waals surface area (Å²) >= 11 is 0. The number of esters is 1. The summed E-state index contributed by atoms with van der Waals surface area (Å²) in [6.07, 6.45) is 9.34. The number of alkyl carbamates (subject to hydrolysis) is 1. The van der Waals surface area contributed by atoms with Gasteiger partial charge in [0.05, 0.1) is 19.8 Å². The van der Waals surface area contributed by atoms with E-state index in [1.54, 1.807) is 13.1 Å². The van der Waals surface area contributed by atoms with Crippen LogP contribution in [0.3, 0.4) is 0 Å². The molecular formula is C31H39N3O6. The molecular weight excluding hydrogens is 510 g/mol. The number of allylic oxidation sites excluding steroid dienone is 1. The summed E-state index contributed by atoms with van der Waals surface area (Å²) in [5, 5.41) is 4.72. The van der Waals surface area contributed by atoms with E-state index in [-0.39, 0.29) is 43.4 Å². The van der Waals surface area contributed by atoms with Crippen LogP contribution in [0.1, 0.15) is 64.9 Å². The number of rotatable bonds is 3. The molecule has 0 unspecified atom stereocenters. The van der Waals surface area contributed by atoms with E-state index >= 15 is 0 Å². The molecule has 1 saturated carbocycles. The second kappa shape index (κ2) is 11.9. The second-order valence-corrected chi connectivity index (χ2v) is 11.8. The third kappa shape index (κ3) is 6.24. The lowest BCUT2D eigenvalue weighted by Gasteiger charge is -2.31. The minimum absolute atomic E-state index is 0.0254. The van der Waals surface area contributed by atoms with Crippen molar-refractivity contribution in [1.29, 1.82) is 0 Å². The van der Waals surface area contributed by atoms with E-state index in [9.17, 15) is 14.4 Å². The normalized spacial score (nSPS) is 25.7. The maximum absolute atomic E-state index is 14.1. The highest BCUT2D eigenvalue weighted by atomic mass is 16.6. The molecule has 0 radical (unpaired) electrons. The highest BCUT2D eigenvalue weighted by Gasteiger charge is 2.46. The monoisotopic (exact) mass is 549 g/mol. The van der Waals surface area contributed by atoms with E-state index in [2.05, 4.69) is 16.4 Å². The quantitative estimate of drug-likeness (QED) is 0.544. The first kappa shape index (κ1) is 27.9. The average Bonchev–Trinajstić information content (AvgIpc) is 3.61. The van der Waals surface area contributed by atoms with Crippen molar-refractivity contribution in [3.63, 3.8) is 0 Å². The number of cyclic esters (lactones) is 1. The number of hydrogen-bond donors (Lipinski definition) is 1. The lowest BCUT2D eigenvalue weighted by atomic mass is 9.90. The van der Waals surface area contributed by atoms with Gasteiger partial charge in [-0.3, -0.25) is 4.79 Å². The molecule has 1 N–H and O–H groups in total. The summed E-state index contributed by atoms with van der Waals surface area (Å²) < 4.78 is 17.4. The topological polar surface area (TPSA) is 107 Å². The first-order valence-electron chi connectivity index (χ1n) is 14.4. The number of benzene rings is 1. The number of nitrogens with one attached hydrogen (secondary N) is 1. The van der Waals surface area contributed by atoms with E-state index in [0.29, 0.717) is 12.3 Å². The Morgan fingerprint density at radius 1 is 1.20 bits per heavy atom. The molecule has 3 atom stereocenters. The molecule has 3 aliphatic rings. The van der Waals surface area contributed by atoms with E-state index < -0.39 is 30.3 Å². The van der Waals surface area contributed by atoms with E-state index in [1.807, 2.05) is 44.2 Å². The Bertz CT molecular complexity index is 1290. The van der Waals surface area contributed by atoms with Crippen molar-refractivity contribution in [3.8, 4) is 5.88 Å². The van der Waals surface area contributed by atoms with Gasteiger partial charge in [0.15, 0.2) is 0 Å². The Hall–Kier alpha value is -3.62. The molecule has 9 heteroatoms. The minimum Gasteiger partial charge on any atom is -0.472 e. The zero-order valence-electron chi connectivity index (χ0n) is 23.6. The number of pyridine rings is 1. The van der Waals surface area contributed by atoms with Gasteiger partial charge in [0.1, 0.15) is 18.2 Å². The standard InChI is InChI=1S/C31H39N3O6/c1-4-38-29(36)25-17-23-18-34(25)28(35)26(22-9-5-6-10-22)33-30(37)39-19-31(2,3)14-7-8-20-11-12-21-13-15-32-27(40-23)24(21)16-20/h7-8,11-13,15-16,22-23,25-26H,4-6,9-10,14,17-19H2,1-3H3,(H,33,37)/t23-,25-,26-/m0/s1. The molecule has 2 amide bonds. The van der Waals surface area contributed by atoms with Gasteiger partial charge in [0.2, 0.25) is 11.8 Å². The summed E-state index contributed by atoms with van der Waals surface area (Å²) in [6.45, 7) is 6.40. The second-order valence-electron chi connectivity index (χ2n) is 11.8. The molecule has 2 aliphatic heterocycles. The molecule has 2 aromatic rings. The number of ether oxygens (including phenoxy) is 3. The van der Waals surface area contributed by atoms with Crippen LogP contribution >= 0.6 is 0 Å². The Labute approximate surface area is 235 Å². The lowest BCUT2D eigenvalue weighted by Crippen LogP contribution is -2.55. The highest BCUT2D eigenvalue weighted by Crippen LogP contribution is 2.33. The molecule has 9 nitrogen and oxygen atoms in total. The molecule has 0 spiro atoms. The molecule has 5 rings (SSSR count). The minimum atomic E-state index is -0.811. The van der Waals surface area contributed by atoms with E-state index in [4.69, 9.17) is 14.2 Å². The Morgan fingerprint density at radius 2 is 2.00 bits per heavy atom. The van der Waals surface area contributed by atoms with Crippen LogP contribution in [0.15, 0.2) is 36.5 Å². The van der Waals surface area contributed by atoms with Gasteiger partial charge in [0, 0.05) is 23.4 Å². The predicted octanol–water partition coefficient (Wildman–Crippen LogP) is 4.87. The van der Waals surface area contributed by atoms with Crippen molar-refractivity contribution in [2.24, 2.45) is 11.3 Å². The number of nitrogens with zero attached hydrogens (tertiary/aromatic N) is 2. The smallest absolute Gasteiger partial charge is 0.407 e. The summed E-state index contributed by atoms with van der Waals surface area (Å²) in [5.41, 5.74) is 0.684. The number of fused-ring (bicyclic) bond motifs is 3. The first-order valence-corrected chi connectivity index (χ1v) is 14.4. The summed E-state index contributed by atoms with van der Waals surface area (Å²) in [4.78, 5) is 46.1. The molecule has 214 valence electrons. The van der Waals surface area contributed by atoms with Crippen LogP contribution in [0.25, 0.3) is 16.8 Å². The molecule has 1 aromatic heterocycles. The van der Waals surface area contributed by atoms with E-state index in [1.165, 1.54) is 4.90 Å². The Balaban J connectivity index is 1.52. The molecule has 1 aliphatic carbocycles. The molecule has 40 heavy (non-hydrogen) atoms. The maximum Gasteiger partial charge on any atom is 0.407 e. The third-order valence-electron chi connectivity index (χ3n) is 8.12. The van der Waals surface area contributed by atoms with Crippen LogP contribution in [-0.4, -0.2) is 65.8 Å². The van der Waals surface area contributed by atoms with Gasteiger partial charge in [0.25, 0.3) is 0 Å². The van der Waals surface area contributed by atoms with E-state index in [0.717, 1.165) is 42.0 Å². The van der Waals surface area contributed by atoms with Crippen molar-refractivity contribution < 1.29 is 28.6 Å².